The lowest BCUT2D eigenvalue weighted by Gasteiger charge is -2.10. The SMILES string of the molecule is CC(C)N=C/C(=C\NN)C1(C(=O)O)CC1. The summed E-state index contributed by atoms with van der Waals surface area (Å²) >= 11 is 0. The molecule has 0 spiro atoms. The molecule has 1 aliphatic rings. The van der Waals surface area contributed by atoms with Crippen molar-refractivity contribution >= 4 is 12.2 Å². The number of hydrogen-bond acceptors (Lipinski definition) is 4. The lowest BCUT2D eigenvalue weighted by Crippen LogP contribution is -2.23. The average Bonchev–Trinajstić information content (AvgIpc) is 2.92. The standard InChI is InChI=1S/C10H17N3O2/c1-7(2)12-5-8(6-13-11)10(3-4-10)9(14)15/h5-7,13H,3-4,11H2,1-2H3,(H,14,15)/b8-6+,12-5?. The number of nitrogens with zero attached hydrogens (tertiary/aromatic N) is 1. The van der Waals surface area contributed by atoms with Crippen LogP contribution in [0.2, 0.25) is 0 Å². The number of rotatable bonds is 5. The molecule has 1 aliphatic carbocycles. The normalized spacial score (nSPS) is 19.6. The first-order valence-corrected chi connectivity index (χ1v) is 4.96. The summed E-state index contributed by atoms with van der Waals surface area (Å²) in [5, 5.41) is 9.09. The van der Waals surface area contributed by atoms with Crippen LogP contribution in [-0.4, -0.2) is 23.3 Å². The van der Waals surface area contributed by atoms with Gasteiger partial charge in [-0.2, -0.15) is 0 Å². The molecule has 84 valence electrons. The van der Waals surface area contributed by atoms with E-state index in [4.69, 9.17) is 10.9 Å². The number of aliphatic imine (C=N–C) groups is 1. The summed E-state index contributed by atoms with van der Waals surface area (Å²) in [6, 6.07) is 0.149. The van der Waals surface area contributed by atoms with Gasteiger partial charge in [0.2, 0.25) is 0 Å². The smallest absolute Gasteiger partial charge is 0.314 e. The van der Waals surface area contributed by atoms with Crippen LogP contribution < -0.4 is 11.3 Å². The van der Waals surface area contributed by atoms with E-state index in [1.165, 1.54) is 6.20 Å². The number of carboxylic acids is 1. The summed E-state index contributed by atoms with van der Waals surface area (Å²) < 4.78 is 0. The summed E-state index contributed by atoms with van der Waals surface area (Å²) in [6.07, 6.45) is 4.42. The molecule has 0 bridgehead atoms. The second-order valence-electron chi connectivity index (χ2n) is 4.03. The van der Waals surface area contributed by atoms with Gasteiger partial charge >= 0.3 is 5.97 Å². The van der Waals surface area contributed by atoms with Gasteiger partial charge in [-0.3, -0.25) is 15.6 Å². The third-order valence-electron chi connectivity index (χ3n) is 2.46. The highest BCUT2D eigenvalue weighted by molar-refractivity contribution is 5.94. The Hall–Kier alpha value is -1.36. The molecule has 4 N–H and O–H groups in total. The van der Waals surface area contributed by atoms with Gasteiger partial charge in [-0.25, -0.2) is 0 Å². The number of nitrogens with two attached hydrogens (primary N) is 1. The molecule has 0 amide bonds. The third kappa shape index (κ3) is 2.56. The molecule has 1 saturated carbocycles. The Kier molecular flexibility index (Phi) is 3.47. The van der Waals surface area contributed by atoms with E-state index in [-0.39, 0.29) is 6.04 Å². The Morgan fingerprint density at radius 2 is 2.20 bits per heavy atom. The number of carboxylic acid groups (broad SMARTS) is 1. The van der Waals surface area contributed by atoms with Crippen molar-refractivity contribution in [3.8, 4) is 0 Å². The van der Waals surface area contributed by atoms with Gasteiger partial charge in [0.1, 0.15) is 0 Å². The molecule has 0 aromatic carbocycles. The predicted molar refractivity (Wildman–Crippen MR) is 58.3 cm³/mol. The van der Waals surface area contributed by atoms with Crippen LogP contribution in [0.5, 0.6) is 0 Å². The van der Waals surface area contributed by atoms with E-state index in [0.717, 1.165) is 0 Å². The van der Waals surface area contributed by atoms with Crippen molar-refractivity contribution in [2.24, 2.45) is 16.3 Å². The number of hydrazine groups is 1. The molecule has 0 saturated heterocycles. The monoisotopic (exact) mass is 211 g/mol. The molecular formula is C10H17N3O2. The highest BCUT2D eigenvalue weighted by Gasteiger charge is 2.52. The number of nitrogens with one attached hydrogen (secondary N) is 1. The molecule has 0 atom stereocenters. The molecule has 1 fully saturated rings. The van der Waals surface area contributed by atoms with E-state index < -0.39 is 11.4 Å². The first-order chi connectivity index (χ1) is 7.03. The number of aliphatic carboxylic acids is 1. The highest BCUT2D eigenvalue weighted by atomic mass is 16.4. The molecule has 0 radical (unpaired) electrons. The molecule has 1 rings (SSSR count). The van der Waals surface area contributed by atoms with Gasteiger partial charge in [0.05, 0.1) is 5.41 Å². The molecule has 0 heterocycles. The van der Waals surface area contributed by atoms with Gasteiger partial charge in [-0.1, -0.05) is 0 Å². The third-order valence-corrected chi connectivity index (χ3v) is 2.46. The van der Waals surface area contributed by atoms with Crippen molar-refractivity contribution in [1.29, 1.82) is 0 Å². The first kappa shape index (κ1) is 11.7. The molecule has 0 aromatic rings. The maximum atomic E-state index is 11.1. The second-order valence-corrected chi connectivity index (χ2v) is 4.03. The van der Waals surface area contributed by atoms with Gasteiger partial charge in [0.15, 0.2) is 0 Å². The summed E-state index contributed by atoms with van der Waals surface area (Å²) in [7, 11) is 0. The zero-order chi connectivity index (χ0) is 11.5. The number of carbonyl (C=O) groups is 1. The molecule has 0 aromatic heterocycles. The van der Waals surface area contributed by atoms with E-state index in [9.17, 15) is 4.79 Å². The van der Waals surface area contributed by atoms with Crippen LogP contribution in [0.3, 0.4) is 0 Å². The van der Waals surface area contributed by atoms with Crippen LogP contribution in [0.15, 0.2) is 16.8 Å². The topological polar surface area (TPSA) is 87.7 Å². The van der Waals surface area contributed by atoms with Crippen molar-refractivity contribution in [3.63, 3.8) is 0 Å². The Balaban J connectivity index is 2.85. The first-order valence-electron chi connectivity index (χ1n) is 4.96. The van der Waals surface area contributed by atoms with Gasteiger partial charge in [-0.15, -0.1) is 0 Å². The maximum absolute atomic E-state index is 11.1. The Morgan fingerprint density at radius 1 is 1.60 bits per heavy atom. The summed E-state index contributed by atoms with van der Waals surface area (Å²) in [4.78, 5) is 15.3. The van der Waals surface area contributed by atoms with Crippen molar-refractivity contribution in [2.45, 2.75) is 32.7 Å². The minimum absolute atomic E-state index is 0.149. The number of hydrogen-bond donors (Lipinski definition) is 3. The van der Waals surface area contributed by atoms with Gasteiger partial charge in [0, 0.05) is 24.0 Å². The van der Waals surface area contributed by atoms with Crippen molar-refractivity contribution in [2.75, 3.05) is 0 Å². The lowest BCUT2D eigenvalue weighted by atomic mass is 9.98. The van der Waals surface area contributed by atoms with Crippen LogP contribution in [0.25, 0.3) is 0 Å². The Morgan fingerprint density at radius 3 is 2.53 bits per heavy atom. The van der Waals surface area contributed by atoms with E-state index in [2.05, 4.69) is 10.4 Å². The van der Waals surface area contributed by atoms with Crippen LogP contribution >= 0.6 is 0 Å². The fraction of sp³-hybridized carbons (Fsp3) is 0.600. The van der Waals surface area contributed by atoms with E-state index in [1.54, 1.807) is 6.21 Å². The zero-order valence-electron chi connectivity index (χ0n) is 9.03. The molecule has 5 nitrogen and oxygen atoms in total. The highest BCUT2D eigenvalue weighted by Crippen LogP contribution is 2.51. The maximum Gasteiger partial charge on any atom is 0.314 e. The molecule has 15 heavy (non-hydrogen) atoms. The van der Waals surface area contributed by atoms with Crippen LogP contribution in [-0.2, 0) is 4.79 Å². The van der Waals surface area contributed by atoms with E-state index >= 15 is 0 Å². The van der Waals surface area contributed by atoms with Crippen LogP contribution in [0, 0.1) is 5.41 Å². The molecular weight excluding hydrogens is 194 g/mol. The minimum atomic E-state index is -0.806. The zero-order valence-corrected chi connectivity index (χ0v) is 9.03. The molecule has 0 aliphatic heterocycles. The van der Waals surface area contributed by atoms with Crippen LogP contribution in [0.4, 0.5) is 0 Å². The summed E-state index contributed by atoms with van der Waals surface area (Å²) in [5.41, 5.74) is 2.26. The predicted octanol–water partition coefficient (Wildman–Crippen LogP) is 0.678. The van der Waals surface area contributed by atoms with Crippen molar-refractivity contribution in [1.82, 2.24) is 5.43 Å². The molecule has 0 unspecified atom stereocenters. The summed E-state index contributed by atoms with van der Waals surface area (Å²) in [6.45, 7) is 3.87. The van der Waals surface area contributed by atoms with Gasteiger partial charge in [0.25, 0.3) is 0 Å². The summed E-state index contributed by atoms with van der Waals surface area (Å²) in [5.74, 6) is 4.37. The Bertz CT molecular complexity index is 304. The molecule has 5 heteroatoms. The van der Waals surface area contributed by atoms with Crippen LogP contribution in [0.1, 0.15) is 26.7 Å². The van der Waals surface area contributed by atoms with Gasteiger partial charge < -0.3 is 10.5 Å². The van der Waals surface area contributed by atoms with E-state index in [1.807, 2.05) is 13.8 Å². The fourth-order valence-electron chi connectivity index (χ4n) is 1.37. The lowest BCUT2D eigenvalue weighted by molar-refractivity contribution is -0.141. The average molecular weight is 211 g/mol. The quantitative estimate of drug-likeness (QED) is 0.354. The van der Waals surface area contributed by atoms with Crippen molar-refractivity contribution < 1.29 is 9.90 Å². The Labute approximate surface area is 89.0 Å². The fourth-order valence-corrected chi connectivity index (χ4v) is 1.37. The minimum Gasteiger partial charge on any atom is -0.481 e. The van der Waals surface area contributed by atoms with Crippen molar-refractivity contribution in [3.05, 3.63) is 11.8 Å². The largest absolute Gasteiger partial charge is 0.481 e. The van der Waals surface area contributed by atoms with Gasteiger partial charge in [-0.05, 0) is 26.7 Å². The second kappa shape index (κ2) is 4.44. The van der Waals surface area contributed by atoms with E-state index in [0.29, 0.717) is 18.4 Å².